The normalized spacial score (nSPS) is 11.6. The van der Waals surface area contributed by atoms with Crippen molar-refractivity contribution < 1.29 is 14.7 Å². The summed E-state index contributed by atoms with van der Waals surface area (Å²) < 4.78 is 0. The first-order valence-electron chi connectivity index (χ1n) is 6.37. The Labute approximate surface area is 122 Å². The van der Waals surface area contributed by atoms with Crippen molar-refractivity contribution in [2.75, 3.05) is 13.1 Å². The fraction of sp³-hybridized carbons (Fsp3) is 0.429. The minimum Gasteiger partial charge on any atom is -0.478 e. The van der Waals surface area contributed by atoms with Gasteiger partial charge in [-0.15, -0.1) is 11.3 Å². The summed E-state index contributed by atoms with van der Waals surface area (Å²) in [6.45, 7) is 5.84. The fourth-order valence-corrected chi connectivity index (χ4v) is 2.82. The van der Waals surface area contributed by atoms with Crippen molar-refractivity contribution in [3.8, 4) is 0 Å². The van der Waals surface area contributed by atoms with Crippen molar-refractivity contribution in [1.82, 2.24) is 4.90 Å². The Balaban J connectivity index is 2.68. The molecule has 0 atom stereocenters. The van der Waals surface area contributed by atoms with Crippen molar-refractivity contribution >= 4 is 29.3 Å². The molecule has 0 aromatic carbocycles. The van der Waals surface area contributed by atoms with E-state index in [1.807, 2.05) is 17.0 Å². The molecule has 5 nitrogen and oxygen atoms in total. The number of hydrogen-bond acceptors (Lipinski definition) is 4. The van der Waals surface area contributed by atoms with Crippen molar-refractivity contribution in [1.29, 1.82) is 0 Å². The third-order valence-corrected chi connectivity index (χ3v) is 3.49. The average molecular weight is 296 g/mol. The van der Waals surface area contributed by atoms with Crippen LogP contribution >= 0.6 is 11.3 Å². The molecule has 20 heavy (non-hydrogen) atoms. The van der Waals surface area contributed by atoms with Gasteiger partial charge >= 0.3 is 5.97 Å². The highest BCUT2D eigenvalue weighted by Gasteiger charge is 2.12. The first-order valence-corrected chi connectivity index (χ1v) is 7.19. The van der Waals surface area contributed by atoms with Crippen LogP contribution in [-0.2, 0) is 16.1 Å². The number of carboxylic acids is 1. The van der Waals surface area contributed by atoms with Crippen molar-refractivity contribution in [3.63, 3.8) is 0 Å². The largest absolute Gasteiger partial charge is 0.478 e. The number of rotatable bonds is 8. The molecule has 1 rings (SSSR count). The second-order valence-corrected chi connectivity index (χ2v) is 6.21. The van der Waals surface area contributed by atoms with Crippen LogP contribution in [0, 0.1) is 5.92 Å². The van der Waals surface area contributed by atoms with Gasteiger partial charge in [-0.25, -0.2) is 4.79 Å². The van der Waals surface area contributed by atoms with Gasteiger partial charge in [0.25, 0.3) is 0 Å². The van der Waals surface area contributed by atoms with Crippen LogP contribution in [0.2, 0.25) is 0 Å². The highest BCUT2D eigenvalue weighted by molar-refractivity contribution is 7.12. The zero-order valence-corrected chi connectivity index (χ0v) is 12.5. The molecule has 1 heterocycles. The Morgan fingerprint density at radius 3 is 2.70 bits per heavy atom. The van der Waals surface area contributed by atoms with Crippen molar-refractivity contribution in [2.24, 2.45) is 11.7 Å². The monoisotopic (exact) mass is 296 g/mol. The standard InChI is InChI=1S/C14H20N2O3S/c1-10(2)7-16(9-13(15)17)8-12-4-3-11(20-12)5-6-14(18)19/h3-6,10H,7-9H2,1-2H3,(H2,15,17)(H,18,19). The lowest BCUT2D eigenvalue weighted by molar-refractivity contribution is -0.131. The topological polar surface area (TPSA) is 83.6 Å². The predicted octanol–water partition coefficient (Wildman–Crippen LogP) is 1.79. The molecule has 0 bridgehead atoms. The molecule has 0 saturated carbocycles. The molecule has 0 saturated heterocycles. The second-order valence-electron chi connectivity index (χ2n) is 5.01. The van der Waals surface area contributed by atoms with E-state index in [1.165, 1.54) is 11.3 Å². The first kappa shape index (κ1) is 16.4. The van der Waals surface area contributed by atoms with Gasteiger partial charge in [-0.3, -0.25) is 9.69 Å². The van der Waals surface area contributed by atoms with Crippen LogP contribution in [0.25, 0.3) is 6.08 Å². The van der Waals surface area contributed by atoms with E-state index < -0.39 is 5.97 Å². The Kier molecular flexibility index (Phi) is 6.41. The van der Waals surface area contributed by atoms with Gasteiger partial charge in [0.05, 0.1) is 6.54 Å². The predicted molar refractivity (Wildman–Crippen MR) is 80.3 cm³/mol. The summed E-state index contributed by atoms with van der Waals surface area (Å²) >= 11 is 1.51. The molecule has 0 fully saturated rings. The van der Waals surface area contributed by atoms with Gasteiger partial charge < -0.3 is 10.8 Å². The lowest BCUT2D eigenvalue weighted by Gasteiger charge is -2.21. The van der Waals surface area contributed by atoms with Gasteiger partial charge in [0, 0.05) is 28.9 Å². The quantitative estimate of drug-likeness (QED) is 0.716. The van der Waals surface area contributed by atoms with Crippen LogP contribution in [0.5, 0.6) is 0 Å². The molecule has 1 aromatic rings. The van der Waals surface area contributed by atoms with Crippen molar-refractivity contribution in [2.45, 2.75) is 20.4 Å². The Morgan fingerprint density at radius 1 is 1.45 bits per heavy atom. The second kappa shape index (κ2) is 7.81. The van der Waals surface area contributed by atoms with Gasteiger partial charge in [-0.1, -0.05) is 13.8 Å². The Morgan fingerprint density at radius 2 is 2.15 bits per heavy atom. The molecule has 0 aliphatic carbocycles. The lowest BCUT2D eigenvalue weighted by atomic mass is 10.2. The number of amides is 1. The summed E-state index contributed by atoms with van der Waals surface area (Å²) in [6, 6.07) is 3.82. The minimum atomic E-state index is -0.963. The average Bonchev–Trinajstić information content (AvgIpc) is 2.72. The number of carbonyl (C=O) groups excluding carboxylic acids is 1. The third-order valence-electron chi connectivity index (χ3n) is 2.45. The van der Waals surface area contributed by atoms with E-state index in [1.54, 1.807) is 6.08 Å². The van der Waals surface area contributed by atoms with E-state index in [9.17, 15) is 9.59 Å². The summed E-state index contributed by atoms with van der Waals surface area (Å²) in [6.07, 6.45) is 2.68. The number of nitrogens with two attached hydrogens (primary N) is 1. The van der Waals surface area contributed by atoms with E-state index in [2.05, 4.69) is 13.8 Å². The smallest absolute Gasteiger partial charge is 0.328 e. The third kappa shape index (κ3) is 6.49. The maximum atomic E-state index is 11.1. The molecule has 1 amide bonds. The SMILES string of the molecule is CC(C)CN(CC(N)=O)Cc1ccc(C=CC(=O)O)s1. The molecular weight excluding hydrogens is 276 g/mol. The molecule has 110 valence electrons. The molecule has 0 radical (unpaired) electrons. The van der Waals surface area contributed by atoms with Crippen LogP contribution < -0.4 is 5.73 Å². The van der Waals surface area contributed by atoms with Gasteiger partial charge in [0.15, 0.2) is 0 Å². The first-order chi connectivity index (χ1) is 9.36. The number of carbonyl (C=O) groups is 2. The fourth-order valence-electron chi connectivity index (χ4n) is 1.86. The molecular formula is C14H20N2O3S. The number of carboxylic acid groups (broad SMARTS) is 1. The Hall–Kier alpha value is -1.66. The van der Waals surface area contributed by atoms with E-state index >= 15 is 0 Å². The summed E-state index contributed by atoms with van der Waals surface area (Å²) in [5, 5.41) is 8.58. The van der Waals surface area contributed by atoms with E-state index in [-0.39, 0.29) is 12.5 Å². The van der Waals surface area contributed by atoms with Gasteiger partial charge in [-0.05, 0) is 24.1 Å². The Bertz CT molecular complexity index is 494. The lowest BCUT2D eigenvalue weighted by Crippen LogP contribution is -2.35. The van der Waals surface area contributed by atoms with E-state index in [0.29, 0.717) is 12.5 Å². The highest BCUT2D eigenvalue weighted by atomic mass is 32.1. The zero-order valence-electron chi connectivity index (χ0n) is 11.7. The van der Waals surface area contributed by atoms with Crippen LogP contribution in [0.15, 0.2) is 18.2 Å². The summed E-state index contributed by atoms with van der Waals surface area (Å²) in [5.41, 5.74) is 5.26. The van der Waals surface area contributed by atoms with Crippen LogP contribution in [0.1, 0.15) is 23.6 Å². The number of hydrogen-bond donors (Lipinski definition) is 2. The summed E-state index contributed by atoms with van der Waals surface area (Å²) in [7, 11) is 0. The van der Waals surface area contributed by atoms with Crippen LogP contribution in [0.3, 0.4) is 0 Å². The minimum absolute atomic E-state index is 0.233. The number of primary amides is 1. The van der Waals surface area contributed by atoms with Crippen LogP contribution in [-0.4, -0.2) is 35.0 Å². The molecule has 0 spiro atoms. The maximum Gasteiger partial charge on any atom is 0.328 e. The molecule has 0 aliphatic heterocycles. The maximum absolute atomic E-state index is 11.1. The highest BCUT2D eigenvalue weighted by Crippen LogP contribution is 2.20. The number of aliphatic carboxylic acids is 1. The number of thiophene rings is 1. The molecule has 6 heteroatoms. The van der Waals surface area contributed by atoms with E-state index in [4.69, 9.17) is 10.8 Å². The zero-order chi connectivity index (χ0) is 15.1. The molecule has 0 unspecified atom stereocenters. The number of nitrogens with zero attached hydrogens (tertiary/aromatic N) is 1. The summed E-state index contributed by atoms with van der Waals surface area (Å²) in [5.74, 6) is -0.857. The molecule has 0 aliphatic rings. The molecule has 3 N–H and O–H groups in total. The summed E-state index contributed by atoms with van der Waals surface area (Å²) in [4.78, 5) is 25.5. The van der Waals surface area contributed by atoms with E-state index in [0.717, 1.165) is 22.4 Å². The molecule has 1 aromatic heterocycles. The van der Waals surface area contributed by atoms with Crippen molar-refractivity contribution in [3.05, 3.63) is 28.0 Å². The van der Waals surface area contributed by atoms with Gasteiger partial charge in [0.1, 0.15) is 0 Å². The van der Waals surface area contributed by atoms with Crippen LogP contribution in [0.4, 0.5) is 0 Å². The van der Waals surface area contributed by atoms with Gasteiger partial charge in [0.2, 0.25) is 5.91 Å². The van der Waals surface area contributed by atoms with Gasteiger partial charge in [-0.2, -0.15) is 0 Å².